The lowest BCUT2D eigenvalue weighted by Crippen LogP contribution is -2.55. The molecule has 3 rings (SSSR count). The van der Waals surface area contributed by atoms with E-state index in [1.54, 1.807) is 17.0 Å². The van der Waals surface area contributed by atoms with E-state index >= 15 is 0 Å². The van der Waals surface area contributed by atoms with E-state index < -0.39 is 5.60 Å². The topological polar surface area (TPSA) is 86.8 Å². The maximum atomic E-state index is 12.6. The second kappa shape index (κ2) is 4.75. The van der Waals surface area contributed by atoms with Crippen LogP contribution in [0.25, 0.3) is 0 Å². The van der Waals surface area contributed by atoms with Gasteiger partial charge in [0.15, 0.2) is 0 Å². The normalized spacial score (nSPS) is 28.7. The Bertz CT molecular complexity index is 538. The molecule has 5 nitrogen and oxygen atoms in total. The van der Waals surface area contributed by atoms with Crippen LogP contribution in [0.3, 0.4) is 0 Å². The van der Waals surface area contributed by atoms with Crippen molar-refractivity contribution < 1.29 is 15.0 Å². The molecule has 5 heteroatoms. The lowest BCUT2D eigenvalue weighted by atomic mass is 9.70. The number of anilines is 1. The predicted octanol–water partition coefficient (Wildman–Crippen LogP) is 0.771. The number of phenols is 1. The average molecular weight is 276 g/mol. The molecule has 1 aliphatic heterocycles. The van der Waals surface area contributed by atoms with Gasteiger partial charge >= 0.3 is 0 Å². The summed E-state index contributed by atoms with van der Waals surface area (Å²) in [6.07, 6.45) is 2.52. The van der Waals surface area contributed by atoms with Crippen LogP contribution >= 0.6 is 0 Å². The minimum Gasteiger partial charge on any atom is -0.508 e. The highest BCUT2D eigenvalue weighted by molar-refractivity contribution is 5.97. The zero-order valence-electron chi connectivity index (χ0n) is 11.4. The van der Waals surface area contributed by atoms with Gasteiger partial charge in [-0.3, -0.25) is 4.79 Å². The van der Waals surface area contributed by atoms with Gasteiger partial charge in [0.2, 0.25) is 5.91 Å². The molecule has 1 saturated carbocycles. The molecule has 1 aliphatic carbocycles. The van der Waals surface area contributed by atoms with Crippen LogP contribution in [0.5, 0.6) is 5.75 Å². The van der Waals surface area contributed by atoms with Crippen LogP contribution in [0.2, 0.25) is 0 Å². The molecule has 0 saturated heterocycles. The highest BCUT2D eigenvalue weighted by atomic mass is 16.3. The molecular formula is C15H20N2O3. The Morgan fingerprint density at radius 1 is 1.45 bits per heavy atom. The summed E-state index contributed by atoms with van der Waals surface area (Å²) < 4.78 is 0. The van der Waals surface area contributed by atoms with Crippen LogP contribution in [0.4, 0.5) is 5.69 Å². The van der Waals surface area contributed by atoms with Gasteiger partial charge in [0.25, 0.3) is 0 Å². The van der Waals surface area contributed by atoms with Gasteiger partial charge in [-0.1, -0.05) is 6.07 Å². The number of amides is 1. The third-order valence-corrected chi connectivity index (χ3v) is 4.47. The SMILES string of the molecule is NCC1(O)CC(C(=O)N2CCCc3c(O)cccc32)C1. The molecule has 1 amide bonds. The van der Waals surface area contributed by atoms with Crippen molar-refractivity contribution in [2.24, 2.45) is 11.7 Å². The third kappa shape index (κ3) is 2.07. The van der Waals surface area contributed by atoms with Crippen molar-refractivity contribution in [2.75, 3.05) is 18.0 Å². The van der Waals surface area contributed by atoms with Crippen LogP contribution in [0.1, 0.15) is 24.8 Å². The number of fused-ring (bicyclic) bond motifs is 1. The Labute approximate surface area is 118 Å². The first-order valence-electron chi connectivity index (χ1n) is 7.09. The van der Waals surface area contributed by atoms with E-state index in [1.165, 1.54) is 0 Å². The van der Waals surface area contributed by atoms with Gasteiger partial charge in [-0.15, -0.1) is 0 Å². The second-order valence-corrected chi connectivity index (χ2v) is 5.90. The van der Waals surface area contributed by atoms with E-state index in [9.17, 15) is 15.0 Å². The van der Waals surface area contributed by atoms with Crippen molar-refractivity contribution in [1.82, 2.24) is 0 Å². The summed E-state index contributed by atoms with van der Waals surface area (Å²) >= 11 is 0. The van der Waals surface area contributed by atoms with Crippen LogP contribution in [0, 0.1) is 5.92 Å². The Kier molecular flexibility index (Phi) is 3.18. The standard InChI is InChI=1S/C15H20N2O3/c16-9-15(20)7-10(8-15)14(19)17-6-2-3-11-12(17)4-1-5-13(11)18/h1,4-5,10,18,20H,2-3,6-9,16H2. The number of nitrogens with two attached hydrogens (primary N) is 1. The monoisotopic (exact) mass is 276 g/mol. The van der Waals surface area contributed by atoms with Crippen LogP contribution < -0.4 is 10.6 Å². The van der Waals surface area contributed by atoms with Gasteiger partial charge in [-0.2, -0.15) is 0 Å². The molecule has 0 spiro atoms. The van der Waals surface area contributed by atoms with Crippen molar-refractivity contribution in [3.63, 3.8) is 0 Å². The van der Waals surface area contributed by atoms with Gasteiger partial charge in [0.05, 0.1) is 11.3 Å². The molecular weight excluding hydrogens is 256 g/mol. The second-order valence-electron chi connectivity index (χ2n) is 5.90. The molecule has 20 heavy (non-hydrogen) atoms. The van der Waals surface area contributed by atoms with Crippen molar-refractivity contribution >= 4 is 11.6 Å². The maximum Gasteiger partial charge on any atom is 0.230 e. The smallest absolute Gasteiger partial charge is 0.230 e. The van der Waals surface area contributed by atoms with E-state index in [2.05, 4.69) is 0 Å². The molecule has 0 bridgehead atoms. The number of rotatable bonds is 2. The number of nitrogens with zero attached hydrogens (tertiary/aromatic N) is 1. The zero-order chi connectivity index (χ0) is 14.3. The molecule has 1 aromatic rings. The van der Waals surface area contributed by atoms with Crippen LogP contribution in [0.15, 0.2) is 18.2 Å². The first-order chi connectivity index (χ1) is 9.54. The molecule has 4 N–H and O–H groups in total. The Morgan fingerprint density at radius 2 is 2.20 bits per heavy atom. The van der Waals surface area contributed by atoms with E-state index in [0.29, 0.717) is 19.4 Å². The van der Waals surface area contributed by atoms with Crippen molar-refractivity contribution in [3.8, 4) is 5.75 Å². The summed E-state index contributed by atoms with van der Waals surface area (Å²) in [5, 5.41) is 19.8. The third-order valence-electron chi connectivity index (χ3n) is 4.47. The number of phenolic OH excluding ortho intramolecular Hbond substituents is 1. The van der Waals surface area contributed by atoms with E-state index in [1.807, 2.05) is 6.07 Å². The van der Waals surface area contributed by atoms with Crippen LogP contribution in [-0.4, -0.2) is 34.8 Å². The van der Waals surface area contributed by atoms with Crippen molar-refractivity contribution in [1.29, 1.82) is 0 Å². The van der Waals surface area contributed by atoms with Crippen LogP contribution in [-0.2, 0) is 11.2 Å². The lowest BCUT2D eigenvalue weighted by Gasteiger charge is -2.44. The number of hydrogen-bond acceptors (Lipinski definition) is 4. The summed E-state index contributed by atoms with van der Waals surface area (Å²) in [7, 11) is 0. The lowest BCUT2D eigenvalue weighted by molar-refractivity contribution is -0.137. The summed E-state index contributed by atoms with van der Waals surface area (Å²) in [5.41, 5.74) is 6.29. The number of carbonyl (C=O) groups is 1. The van der Waals surface area contributed by atoms with Crippen molar-refractivity contribution in [2.45, 2.75) is 31.3 Å². The van der Waals surface area contributed by atoms with Gasteiger partial charge in [0, 0.05) is 24.6 Å². The van der Waals surface area contributed by atoms with E-state index in [4.69, 9.17) is 5.73 Å². The minimum absolute atomic E-state index is 0.0367. The fraction of sp³-hybridized carbons (Fsp3) is 0.533. The Balaban J connectivity index is 1.80. The summed E-state index contributed by atoms with van der Waals surface area (Å²) in [4.78, 5) is 14.3. The minimum atomic E-state index is -0.863. The quantitative estimate of drug-likeness (QED) is 0.744. The first-order valence-corrected chi connectivity index (χ1v) is 7.09. The summed E-state index contributed by atoms with van der Waals surface area (Å²) in [6.45, 7) is 0.876. The van der Waals surface area contributed by atoms with Gasteiger partial charge in [-0.25, -0.2) is 0 Å². The zero-order valence-corrected chi connectivity index (χ0v) is 11.4. The largest absolute Gasteiger partial charge is 0.508 e. The fourth-order valence-electron chi connectivity index (χ4n) is 3.25. The molecule has 1 fully saturated rings. The Morgan fingerprint density at radius 3 is 2.90 bits per heavy atom. The molecule has 108 valence electrons. The number of hydrogen-bond donors (Lipinski definition) is 3. The molecule has 2 aliphatic rings. The molecule has 0 atom stereocenters. The predicted molar refractivity (Wildman–Crippen MR) is 75.5 cm³/mol. The number of carbonyl (C=O) groups excluding carboxylic acids is 1. The summed E-state index contributed by atoms with van der Waals surface area (Å²) in [5.74, 6) is 0.138. The van der Waals surface area contributed by atoms with Gasteiger partial charge < -0.3 is 20.8 Å². The Hall–Kier alpha value is -1.59. The average Bonchev–Trinajstić information content (AvgIpc) is 2.43. The molecule has 0 radical (unpaired) electrons. The highest BCUT2D eigenvalue weighted by Gasteiger charge is 2.46. The molecule has 1 heterocycles. The number of aromatic hydroxyl groups is 1. The fourth-order valence-corrected chi connectivity index (χ4v) is 3.25. The van der Waals surface area contributed by atoms with Crippen molar-refractivity contribution in [3.05, 3.63) is 23.8 Å². The van der Waals surface area contributed by atoms with E-state index in [-0.39, 0.29) is 24.1 Å². The first kappa shape index (κ1) is 13.4. The van der Waals surface area contributed by atoms with E-state index in [0.717, 1.165) is 24.1 Å². The number of benzene rings is 1. The van der Waals surface area contributed by atoms with Gasteiger partial charge in [0.1, 0.15) is 5.75 Å². The summed E-state index contributed by atoms with van der Waals surface area (Å²) in [6, 6.07) is 5.29. The maximum absolute atomic E-state index is 12.6. The molecule has 1 aromatic carbocycles. The number of aliphatic hydroxyl groups is 1. The molecule has 0 unspecified atom stereocenters. The highest BCUT2D eigenvalue weighted by Crippen LogP contribution is 2.41. The molecule has 0 aromatic heterocycles. The van der Waals surface area contributed by atoms with Gasteiger partial charge in [-0.05, 0) is 37.8 Å².